The molecule has 0 radical (unpaired) electrons. The largest absolute Gasteiger partial charge is 0.316 e. The minimum absolute atomic E-state index is 0.193. The minimum atomic E-state index is -0.193. The van der Waals surface area contributed by atoms with Crippen LogP contribution in [0.2, 0.25) is 0 Å². The molecule has 106 valence electrons. The predicted octanol–water partition coefficient (Wildman–Crippen LogP) is 4.81. The van der Waals surface area contributed by atoms with Crippen LogP contribution < -0.4 is 5.32 Å². The number of hydrogen-bond donors (Lipinski definition) is 1. The molecular formula is C17H20FNS. The highest BCUT2D eigenvalue weighted by molar-refractivity contribution is 7.16. The van der Waals surface area contributed by atoms with Crippen molar-refractivity contribution in [2.24, 2.45) is 5.92 Å². The van der Waals surface area contributed by atoms with Gasteiger partial charge in [-0.25, -0.2) is 4.39 Å². The van der Waals surface area contributed by atoms with Gasteiger partial charge in [0, 0.05) is 16.3 Å². The summed E-state index contributed by atoms with van der Waals surface area (Å²) >= 11 is 1.74. The summed E-state index contributed by atoms with van der Waals surface area (Å²) in [6.45, 7) is 5.32. The van der Waals surface area contributed by atoms with E-state index in [1.807, 2.05) is 19.2 Å². The number of rotatable bonds is 5. The quantitative estimate of drug-likeness (QED) is 0.832. The van der Waals surface area contributed by atoms with Crippen LogP contribution in [0.3, 0.4) is 0 Å². The Morgan fingerprint density at radius 2 is 1.90 bits per heavy atom. The van der Waals surface area contributed by atoms with Crippen molar-refractivity contribution in [3.05, 3.63) is 52.7 Å². The van der Waals surface area contributed by atoms with Crippen molar-refractivity contribution < 1.29 is 4.39 Å². The average Bonchev–Trinajstić information content (AvgIpc) is 2.87. The Morgan fingerprint density at radius 1 is 1.20 bits per heavy atom. The first kappa shape index (κ1) is 14.9. The summed E-state index contributed by atoms with van der Waals surface area (Å²) in [4.78, 5) is 2.41. The normalized spacial score (nSPS) is 12.2. The van der Waals surface area contributed by atoms with Crippen molar-refractivity contribution in [1.29, 1.82) is 0 Å². The SMILES string of the molecule is CNCC(=Cc1ccc(-c2ccc(F)cc2)s1)C(C)C. The molecule has 0 aliphatic carbocycles. The molecule has 1 heterocycles. The average molecular weight is 289 g/mol. The van der Waals surface area contributed by atoms with Gasteiger partial charge in [0.1, 0.15) is 5.82 Å². The van der Waals surface area contributed by atoms with Crippen LogP contribution in [0.1, 0.15) is 18.7 Å². The lowest BCUT2D eigenvalue weighted by Gasteiger charge is -2.10. The summed E-state index contributed by atoms with van der Waals surface area (Å²) in [5.41, 5.74) is 2.45. The Hall–Kier alpha value is -1.45. The second kappa shape index (κ2) is 6.82. The van der Waals surface area contributed by atoms with Crippen LogP contribution in [0, 0.1) is 11.7 Å². The Balaban J connectivity index is 2.24. The maximum atomic E-state index is 12.9. The van der Waals surface area contributed by atoms with E-state index in [4.69, 9.17) is 0 Å². The molecule has 0 fully saturated rings. The van der Waals surface area contributed by atoms with Gasteiger partial charge in [0.25, 0.3) is 0 Å². The second-order valence-corrected chi connectivity index (χ2v) is 6.23. The first-order valence-electron chi connectivity index (χ1n) is 6.81. The number of thiophene rings is 1. The van der Waals surface area contributed by atoms with Gasteiger partial charge in [-0.1, -0.05) is 31.6 Å². The monoisotopic (exact) mass is 289 g/mol. The van der Waals surface area contributed by atoms with E-state index in [-0.39, 0.29) is 5.82 Å². The standard InChI is InChI=1S/C17H20FNS/c1-12(2)14(11-19-3)10-16-8-9-17(20-16)13-4-6-15(18)7-5-13/h4-10,12,19H,11H2,1-3H3. The van der Waals surface area contributed by atoms with Crippen molar-refractivity contribution in [2.45, 2.75) is 13.8 Å². The van der Waals surface area contributed by atoms with E-state index in [2.05, 4.69) is 37.4 Å². The molecule has 0 unspecified atom stereocenters. The Bertz CT molecular complexity index is 581. The summed E-state index contributed by atoms with van der Waals surface area (Å²) in [5, 5.41) is 3.21. The molecule has 20 heavy (non-hydrogen) atoms. The summed E-state index contributed by atoms with van der Waals surface area (Å²) < 4.78 is 12.9. The zero-order chi connectivity index (χ0) is 14.5. The van der Waals surface area contributed by atoms with Crippen LogP contribution in [0.5, 0.6) is 0 Å². The van der Waals surface area contributed by atoms with Gasteiger partial charge in [0.15, 0.2) is 0 Å². The Morgan fingerprint density at radius 3 is 2.50 bits per heavy atom. The Kier molecular flexibility index (Phi) is 5.10. The van der Waals surface area contributed by atoms with Gasteiger partial charge >= 0.3 is 0 Å². The van der Waals surface area contributed by atoms with E-state index in [0.717, 1.165) is 12.1 Å². The maximum absolute atomic E-state index is 12.9. The molecule has 0 saturated carbocycles. The van der Waals surface area contributed by atoms with Gasteiger partial charge in [-0.2, -0.15) is 0 Å². The van der Waals surface area contributed by atoms with Crippen LogP contribution in [0.15, 0.2) is 42.0 Å². The van der Waals surface area contributed by atoms with Gasteiger partial charge in [0.2, 0.25) is 0 Å². The lowest BCUT2D eigenvalue weighted by Crippen LogP contribution is -2.13. The van der Waals surface area contributed by atoms with Gasteiger partial charge in [0.05, 0.1) is 0 Å². The van der Waals surface area contributed by atoms with Crippen LogP contribution >= 0.6 is 11.3 Å². The molecule has 1 aromatic carbocycles. The zero-order valence-corrected chi connectivity index (χ0v) is 12.9. The molecular weight excluding hydrogens is 269 g/mol. The fraction of sp³-hybridized carbons (Fsp3) is 0.294. The minimum Gasteiger partial charge on any atom is -0.316 e. The molecule has 2 rings (SSSR count). The number of hydrogen-bond acceptors (Lipinski definition) is 2. The summed E-state index contributed by atoms with van der Waals surface area (Å²) in [7, 11) is 1.97. The highest BCUT2D eigenvalue weighted by Gasteiger charge is 2.05. The lowest BCUT2D eigenvalue weighted by molar-refractivity contribution is 0.628. The molecule has 1 aromatic heterocycles. The van der Waals surface area contributed by atoms with Crippen molar-refractivity contribution >= 4 is 17.4 Å². The van der Waals surface area contributed by atoms with Gasteiger partial charge in [-0.05, 0) is 48.9 Å². The molecule has 0 bridgehead atoms. The molecule has 1 N–H and O–H groups in total. The van der Waals surface area contributed by atoms with E-state index >= 15 is 0 Å². The Labute approximate surface area is 124 Å². The third kappa shape index (κ3) is 3.78. The molecule has 2 aromatic rings. The summed E-state index contributed by atoms with van der Waals surface area (Å²) in [6.07, 6.45) is 2.25. The van der Waals surface area contributed by atoms with Crippen LogP contribution in [-0.2, 0) is 0 Å². The molecule has 0 atom stereocenters. The highest BCUT2D eigenvalue weighted by atomic mass is 32.1. The van der Waals surface area contributed by atoms with E-state index < -0.39 is 0 Å². The molecule has 0 spiro atoms. The molecule has 0 aliphatic rings. The van der Waals surface area contributed by atoms with Gasteiger partial charge in [-0.15, -0.1) is 11.3 Å². The molecule has 3 heteroatoms. The summed E-state index contributed by atoms with van der Waals surface area (Å²) in [5.74, 6) is 0.334. The summed E-state index contributed by atoms with van der Waals surface area (Å²) in [6, 6.07) is 10.9. The van der Waals surface area contributed by atoms with E-state index in [9.17, 15) is 4.39 Å². The number of halogens is 1. The number of benzene rings is 1. The van der Waals surface area contributed by atoms with Crippen molar-refractivity contribution in [1.82, 2.24) is 5.32 Å². The molecule has 0 saturated heterocycles. The van der Waals surface area contributed by atoms with E-state index in [0.29, 0.717) is 5.92 Å². The maximum Gasteiger partial charge on any atom is 0.123 e. The fourth-order valence-electron chi connectivity index (χ4n) is 2.01. The molecule has 0 amide bonds. The van der Waals surface area contributed by atoms with Gasteiger partial charge < -0.3 is 5.32 Å². The van der Waals surface area contributed by atoms with Gasteiger partial charge in [-0.3, -0.25) is 0 Å². The zero-order valence-electron chi connectivity index (χ0n) is 12.1. The van der Waals surface area contributed by atoms with Crippen LogP contribution in [-0.4, -0.2) is 13.6 Å². The number of nitrogens with one attached hydrogen (secondary N) is 1. The highest BCUT2D eigenvalue weighted by Crippen LogP contribution is 2.30. The first-order valence-corrected chi connectivity index (χ1v) is 7.62. The third-order valence-corrected chi connectivity index (χ3v) is 4.29. The smallest absolute Gasteiger partial charge is 0.123 e. The second-order valence-electron chi connectivity index (χ2n) is 5.11. The third-order valence-electron chi connectivity index (χ3n) is 3.21. The van der Waals surface area contributed by atoms with Crippen molar-refractivity contribution in [2.75, 3.05) is 13.6 Å². The van der Waals surface area contributed by atoms with E-state index in [1.54, 1.807) is 11.3 Å². The predicted molar refractivity (Wildman–Crippen MR) is 86.5 cm³/mol. The van der Waals surface area contributed by atoms with Crippen LogP contribution in [0.4, 0.5) is 4.39 Å². The first-order chi connectivity index (χ1) is 9.60. The lowest BCUT2D eigenvalue weighted by atomic mass is 10.0. The number of likely N-dealkylation sites (N-methyl/N-ethyl adjacent to an activating group) is 1. The molecule has 0 aliphatic heterocycles. The van der Waals surface area contributed by atoms with Crippen LogP contribution in [0.25, 0.3) is 16.5 Å². The molecule has 1 nitrogen and oxygen atoms in total. The van der Waals surface area contributed by atoms with E-state index in [1.165, 1.54) is 27.5 Å². The topological polar surface area (TPSA) is 12.0 Å². The fourth-order valence-corrected chi connectivity index (χ4v) is 3.00. The van der Waals surface area contributed by atoms with Crippen molar-refractivity contribution in [3.63, 3.8) is 0 Å². The van der Waals surface area contributed by atoms with Crippen molar-refractivity contribution in [3.8, 4) is 10.4 Å².